The highest BCUT2D eigenvalue weighted by molar-refractivity contribution is 5.28. The van der Waals surface area contributed by atoms with Crippen molar-refractivity contribution in [2.75, 3.05) is 20.7 Å². The van der Waals surface area contributed by atoms with E-state index < -0.39 is 0 Å². The summed E-state index contributed by atoms with van der Waals surface area (Å²) < 4.78 is 5.19. The lowest BCUT2D eigenvalue weighted by molar-refractivity contribution is 0.318. The summed E-state index contributed by atoms with van der Waals surface area (Å²) in [6, 6.07) is 10.3. The number of ether oxygens (including phenoxy) is 1. The lowest BCUT2D eigenvalue weighted by Crippen LogP contribution is -2.19. The standard InChI is InChI=1S/C14H20N2O/c1-16(10-5-3-4-9-15)12-13-7-6-8-14(11-13)17-2/h6-8,11H,3-5,10,12H2,1-2H3. The smallest absolute Gasteiger partial charge is 0.119 e. The number of hydrogen-bond acceptors (Lipinski definition) is 3. The average molecular weight is 232 g/mol. The van der Waals surface area contributed by atoms with Crippen LogP contribution in [0.3, 0.4) is 0 Å². The van der Waals surface area contributed by atoms with Crippen LogP contribution in [-0.4, -0.2) is 25.6 Å². The summed E-state index contributed by atoms with van der Waals surface area (Å²) in [4.78, 5) is 2.27. The topological polar surface area (TPSA) is 36.3 Å². The van der Waals surface area contributed by atoms with Gasteiger partial charge in [0.2, 0.25) is 0 Å². The zero-order chi connectivity index (χ0) is 12.5. The normalized spacial score (nSPS) is 10.2. The Balaban J connectivity index is 2.34. The number of methoxy groups -OCH3 is 1. The van der Waals surface area contributed by atoms with Gasteiger partial charge in [0.1, 0.15) is 5.75 Å². The van der Waals surface area contributed by atoms with Crippen LogP contribution in [-0.2, 0) is 6.54 Å². The summed E-state index contributed by atoms with van der Waals surface area (Å²) in [5, 5.41) is 8.45. The molecule has 1 rings (SSSR count). The van der Waals surface area contributed by atoms with Crippen molar-refractivity contribution in [1.29, 1.82) is 5.26 Å². The molecular formula is C14H20N2O. The van der Waals surface area contributed by atoms with Gasteiger partial charge in [-0.3, -0.25) is 0 Å². The van der Waals surface area contributed by atoms with Crippen LogP contribution in [0.15, 0.2) is 24.3 Å². The molecular weight excluding hydrogens is 212 g/mol. The van der Waals surface area contributed by atoms with Crippen molar-refractivity contribution in [3.63, 3.8) is 0 Å². The maximum absolute atomic E-state index is 8.45. The van der Waals surface area contributed by atoms with Crippen molar-refractivity contribution in [3.8, 4) is 11.8 Å². The van der Waals surface area contributed by atoms with Crippen LogP contribution < -0.4 is 4.74 Å². The maximum Gasteiger partial charge on any atom is 0.119 e. The summed E-state index contributed by atoms with van der Waals surface area (Å²) in [5.41, 5.74) is 1.26. The van der Waals surface area contributed by atoms with Crippen molar-refractivity contribution in [1.82, 2.24) is 4.90 Å². The molecule has 0 amide bonds. The number of nitrogens with zero attached hydrogens (tertiary/aromatic N) is 2. The van der Waals surface area contributed by atoms with Crippen LogP contribution >= 0.6 is 0 Å². The molecule has 0 N–H and O–H groups in total. The van der Waals surface area contributed by atoms with Crippen molar-refractivity contribution in [2.24, 2.45) is 0 Å². The van der Waals surface area contributed by atoms with Gasteiger partial charge in [0, 0.05) is 13.0 Å². The van der Waals surface area contributed by atoms with E-state index in [4.69, 9.17) is 10.00 Å². The number of rotatable bonds is 7. The average Bonchev–Trinajstić information content (AvgIpc) is 2.35. The minimum absolute atomic E-state index is 0.660. The molecule has 0 fully saturated rings. The molecule has 0 unspecified atom stereocenters. The van der Waals surface area contributed by atoms with E-state index in [0.717, 1.165) is 31.7 Å². The first-order chi connectivity index (χ1) is 8.26. The predicted molar refractivity (Wildman–Crippen MR) is 68.8 cm³/mol. The molecule has 0 atom stereocenters. The van der Waals surface area contributed by atoms with Gasteiger partial charge < -0.3 is 9.64 Å². The number of benzene rings is 1. The molecule has 0 heterocycles. The second-order valence-corrected chi connectivity index (χ2v) is 4.20. The maximum atomic E-state index is 8.45. The van der Waals surface area contributed by atoms with Crippen molar-refractivity contribution in [3.05, 3.63) is 29.8 Å². The van der Waals surface area contributed by atoms with Gasteiger partial charge in [0.05, 0.1) is 13.2 Å². The number of unbranched alkanes of at least 4 members (excludes halogenated alkanes) is 2. The molecule has 0 radical (unpaired) electrons. The molecule has 3 nitrogen and oxygen atoms in total. The van der Waals surface area contributed by atoms with Crippen LogP contribution in [0.1, 0.15) is 24.8 Å². The van der Waals surface area contributed by atoms with Gasteiger partial charge in [0.15, 0.2) is 0 Å². The number of nitriles is 1. The van der Waals surface area contributed by atoms with Gasteiger partial charge in [-0.15, -0.1) is 0 Å². The Bertz CT molecular complexity index is 371. The Hall–Kier alpha value is -1.53. The molecule has 0 aliphatic heterocycles. The van der Waals surface area contributed by atoms with Crippen LogP contribution in [0, 0.1) is 11.3 Å². The number of hydrogen-bond donors (Lipinski definition) is 0. The Labute approximate surface area is 104 Å². The van der Waals surface area contributed by atoms with Crippen molar-refractivity contribution in [2.45, 2.75) is 25.8 Å². The third-order valence-electron chi connectivity index (χ3n) is 2.67. The first-order valence-corrected chi connectivity index (χ1v) is 5.94. The monoisotopic (exact) mass is 232 g/mol. The third-order valence-corrected chi connectivity index (χ3v) is 2.67. The van der Waals surface area contributed by atoms with E-state index in [-0.39, 0.29) is 0 Å². The Morgan fingerprint density at radius 2 is 2.18 bits per heavy atom. The molecule has 0 saturated heterocycles. The highest BCUT2D eigenvalue weighted by Crippen LogP contribution is 2.14. The zero-order valence-corrected chi connectivity index (χ0v) is 10.6. The van der Waals surface area contributed by atoms with Crippen LogP contribution in [0.5, 0.6) is 5.75 Å². The van der Waals surface area contributed by atoms with Crippen LogP contribution in [0.4, 0.5) is 0 Å². The molecule has 0 bridgehead atoms. The molecule has 3 heteroatoms. The van der Waals surface area contributed by atoms with E-state index in [2.05, 4.69) is 30.1 Å². The van der Waals surface area contributed by atoms with Crippen molar-refractivity contribution < 1.29 is 4.74 Å². The van der Waals surface area contributed by atoms with Crippen molar-refractivity contribution >= 4 is 0 Å². The largest absolute Gasteiger partial charge is 0.497 e. The molecule has 0 aliphatic rings. The Morgan fingerprint density at radius 3 is 2.88 bits per heavy atom. The van der Waals surface area contributed by atoms with E-state index in [1.165, 1.54) is 5.56 Å². The van der Waals surface area contributed by atoms with E-state index in [9.17, 15) is 0 Å². The van der Waals surface area contributed by atoms with Crippen LogP contribution in [0.2, 0.25) is 0 Å². The molecule has 92 valence electrons. The fourth-order valence-corrected chi connectivity index (χ4v) is 1.75. The van der Waals surface area contributed by atoms with Gasteiger partial charge in [-0.05, 0) is 44.1 Å². The highest BCUT2D eigenvalue weighted by atomic mass is 16.5. The predicted octanol–water partition coefficient (Wildman–Crippen LogP) is 2.82. The molecule has 1 aromatic rings. The molecule has 0 aliphatic carbocycles. The Morgan fingerprint density at radius 1 is 1.35 bits per heavy atom. The quantitative estimate of drug-likeness (QED) is 0.678. The summed E-state index contributed by atoms with van der Waals surface area (Å²) >= 11 is 0. The minimum atomic E-state index is 0.660. The fraction of sp³-hybridized carbons (Fsp3) is 0.500. The van der Waals surface area contributed by atoms with E-state index in [1.54, 1.807) is 7.11 Å². The minimum Gasteiger partial charge on any atom is -0.497 e. The van der Waals surface area contributed by atoms with Gasteiger partial charge in [-0.25, -0.2) is 0 Å². The second kappa shape index (κ2) is 7.70. The summed E-state index contributed by atoms with van der Waals surface area (Å²) in [5.74, 6) is 0.903. The van der Waals surface area contributed by atoms with Gasteiger partial charge in [-0.2, -0.15) is 5.26 Å². The first kappa shape index (κ1) is 13.5. The first-order valence-electron chi connectivity index (χ1n) is 5.94. The lowest BCUT2D eigenvalue weighted by atomic mass is 10.2. The Kier molecular flexibility index (Phi) is 6.13. The van der Waals surface area contributed by atoms with E-state index in [0.29, 0.717) is 6.42 Å². The SMILES string of the molecule is COc1cccc(CN(C)CCCCC#N)c1. The van der Waals surface area contributed by atoms with E-state index in [1.807, 2.05) is 12.1 Å². The summed E-state index contributed by atoms with van der Waals surface area (Å²) in [6.07, 6.45) is 2.72. The third kappa shape index (κ3) is 5.37. The highest BCUT2D eigenvalue weighted by Gasteiger charge is 2.01. The fourth-order valence-electron chi connectivity index (χ4n) is 1.75. The molecule has 1 aromatic carbocycles. The zero-order valence-electron chi connectivity index (χ0n) is 10.6. The van der Waals surface area contributed by atoms with Gasteiger partial charge >= 0.3 is 0 Å². The summed E-state index contributed by atoms with van der Waals surface area (Å²) in [6.45, 7) is 1.95. The molecule has 0 aromatic heterocycles. The van der Waals surface area contributed by atoms with Gasteiger partial charge in [-0.1, -0.05) is 12.1 Å². The molecule has 0 spiro atoms. The van der Waals surface area contributed by atoms with Crippen LogP contribution in [0.25, 0.3) is 0 Å². The lowest BCUT2D eigenvalue weighted by Gasteiger charge is -2.16. The second-order valence-electron chi connectivity index (χ2n) is 4.20. The van der Waals surface area contributed by atoms with Gasteiger partial charge in [0.25, 0.3) is 0 Å². The molecule has 0 saturated carbocycles. The summed E-state index contributed by atoms with van der Waals surface area (Å²) in [7, 11) is 3.79. The van der Waals surface area contributed by atoms with E-state index >= 15 is 0 Å². The molecule has 17 heavy (non-hydrogen) atoms.